The highest BCUT2D eigenvalue weighted by Crippen LogP contribution is 2.40. The lowest BCUT2D eigenvalue weighted by atomic mass is 9.79. The first-order valence-corrected chi connectivity index (χ1v) is 11.6. The quantitative estimate of drug-likeness (QED) is 0.340. The van der Waals surface area contributed by atoms with Crippen LogP contribution in [0.4, 0.5) is 0 Å². The topological polar surface area (TPSA) is 50.8 Å². The van der Waals surface area contributed by atoms with Crippen molar-refractivity contribution >= 4 is 33.5 Å². The number of hydrogen-bond donors (Lipinski definition) is 0. The van der Waals surface area contributed by atoms with Crippen LogP contribution in [0.1, 0.15) is 40.3 Å². The predicted octanol–water partition coefficient (Wildman–Crippen LogP) is 6.87. The Morgan fingerprint density at radius 3 is 2.59 bits per heavy atom. The third-order valence-corrected chi connectivity index (χ3v) is 7.00. The molecule has 166 valence electrons. The minimum Gasteiger partial charge on any atom is -0.437 e. The number of aliphatic imine (C=N–C) groups is 2. The molecule has 0 fully saturated rings. The number of benzene rings is 2. The van der Waals surface area contributed by atoms with E-state index in [1.54, 1.807) is 6.08 Å². The number of aromatic nitrogens is 1. The van der Waals surface area contributed by atoms with Gasteiger partial charge in [-0.1, -0.05) is 56.1 Å². The van der Waals surface area contributed by atoms with Crippen molar-refractivity contribution in [2.24, 2.45) is 9.98 Å². The SMILES string of the molecule is C=CC1=NC2C(=C)/N=C(/C=C)c3c(ccc4c3oc3nc(C)ccc34)CCC2c2ccccc21. The van der Waals surface area contributed by atoms with Gasteiger partial charge in [0.15, 0.2) is 0 Å². The molecule has 4 heterocycles. The standard InChI is InChI=1S/C30H25N3O/c1-5-25-21-10-8-7-9-20(21)22-15-12-19-13-16-23-24-14-11-17(3)31-30(24)34-29(23)27(19)26(6-2)32-18(4)28(22)33-25/h5-11,13-14,16,22,28H,1-2,4,12,15H2,3H3/b32-26-. The van der Waals surface area contributed by atoms with E-state index >= 15 is 0 Å². The van der Waals surface area contributed by atoms with Crippen LogP contribution in [0.15, 0.2) is 101 Å². The minimum atomic E-state index is -0.150. The van der Waals surface area contributed by atoms with E-state index in [-0.39, 0.29) is 12.0 Å². The lowest BCUT2D eigenvalue weighted by molar-refractivity contribution is 0.540. The number of pyridine rings is 1. The summed E-state index contributed by atoms with van der Waals surface area (Å²) >= 11 is 0. The second-order valence-electron chi connectivity index (χ2n) is 8.97. The third-order valence-electron chi connectivity index (χ3n) is 7.00. The number of nitrogens with zero attached hydrogens (tertiary/aromatic N) is 3. The van der Waals surface area contributed by atoms with Gasteiger partial charge in [0, 0.05) is 33.5 Å². The van der Waals surface area contributed by atoms with E-state index in [9.17, 15) is 0 Å². The highest BCUT2D eigenvalue weighted by Gasteiger charge is 2.33. The normalized spacial score (nSPS) is 21.3. The van der Waals surface area contributed by atoms with Crippen molar-refractivity contribution < 1.29 is 4.42 Å². The van der Waals surface area contributed by atoms with Crippen LogP contribution >= 0.6 is 0 Å². The van der Waals surface area contributed by atoms with Gasteiger partial charge in [-0.15, -0.1) is 0 Å². The first kappa shape index (κ1) is 20.5. The lowest BCUT2D eigenvalue weighted by Crippen LogP contribution is -2.27. The lowest BCUT2D eigenvalue weighted by Gasteiger charge is -2.31. The van der Waals surface area contributed by atoms with Crippen LogP contribution in [0.5, 0.6) is 0 Å². The van der Waals surface area contributed by atoms with E-state index in [4.69, 9.17) is 14.4 Å². The molecule has 0 spiro atoms. The number of furan rings is 1. The molecular formula is C30H25N3O. The minimum absolute atomic E-state index is 0.150. The fourth-order valence-electron chi connectivity index (χ4n) is 5.39. The van der Waals surface area contributed by atoms with Gasteiger partial charge in [0.1, 0.15) is 5.58 Å². The zero-order valence-corrected chi connectivity index (χ0v) is 19.2. The molecule has 2 aromatic carbocycles. The molecule has 2 atom stereocenters. The van der Waals surface area contributed by atoms with Crippen molar-refractivity contribution in [3.05, 3.63) is 114 Å². The highest BCUT2D eigenvalue weighted by molar-refractivity contribution is 6.20. The molecular weight excluding hydrogens is 418 g/mol. The number of aryl methyl sites for hydroxylation is 2. The van der Waals surface area contributed by atoms with E-state index < -0.39 is 0 Å². The van der Waals surface area contributed by atoms with Crippen LogP contribution < -0.4 is 0 Å². The summed E-state index contributed by atoms with van der Waals surface area (Å²) in [6, 6.07) is 16.8. The first-order valence-electron chi connectivity index (χ1n) is 11.6. The Morgan fingerprint density at radius 1 is 0.971 bits per heavy atom. The molecule has 4 aromatic rings. The fraction of sp³-hybridized carbons (Fsp3) is 0.167. The Labute approximate surface area is 198 Å². The summed E-state index contributed by atoms with van der Waals surface area (Å²) in [5, 5.41) is 2.05. The molecule has 4 heteroatoms. The van der Waals surface area contributed by atoms with Gasteiger partial charge in [0.05, 0.1) is 23.2 Å². The van der Waals surface area contributed by atoms with Gasteiger partial charge in [-0.3, -0.25) is 9.98 Å². The summed E-state index contributed by atoms with van der Waals surface area (Å²) in [6.07, 6.45) is 5.41. The maximum atomic E-state index is 6.34. The van der Waals surface area contributed by atoms with Gasteiger partial charge in [-0.25, -0.2) is 4.98 Å². The predicted molar refractivity (Wildman–Crippen MR) is 140 cm³/mol. The average Bonchev–Trinajstić information content (AvgIpc) is 3.24. The highest BCUT2D eigenvalue weighted by atomic mass is 16.3. The van der Waals surface area contributed by atoms with Crippen LogP contribution in [0.25, 0.3) is 22.1 Å². The molecule has 2 aliphatic heterocycles. The molecule has 0 radical (unpaired) electrons. The third kappa shape index (κ3) is 3.02. The summed E-state index contributed by atoms with van der Waals surface area (Å²) in [5.74, 6) is 0.184. The van der Waals surface area contributed by atoms with E-state index in [1.807, 2.05) is 19.1 Å². The monoisotopic (exact) mass is 443 g/mol. The van der Waals surface area contributed by atoms with Crippen LogP contribution in [0, 0.1) is 6.92 Å². The second-order valence-corrected chi connectivity index (χ2v) is 8.97. The summed E-state index contributed by atoms with van der Waals surface area (Å²) < 4.78 is 6.34. The van der Waals surface area contributed by atoms with Crippen molar-refractivity contribution in [3.8, 4) is 0 Å². The average molecular weight is 444 g/mol. The van der Waals surface area contributed by atoms with Gasteiger partial charge in [-0.2, -0.15) is 0 Å². The molecule has 4 nitrogen and oxygen atoms in total. The fourth-order valence-corrected chi connectivity index (χ4v) is 5.39. The van der Waals surface area contributed by atoms with Gasteiger partial charge < -0.3 is 4.42 Å². The van der Waals surface area contributed by atoms with Crippen molar-refractivity contribution in [3.63, 3.8) is 0 Å². The van der Waals surface area contributed by atoms with E-state index in [0.717, 1.165) is 63.1 Å². The Morgan fingerprint density at radius 2 is 1.76 bits per heavy atom. The molecule has 0 amide bonds. The maximum absolute atomic E-state index is 6.34. The molecule has 0 saturated carbocycles. The molecule has 0 N–H and O–H groups in total. The van der Waals surface area contributed by atoms with Gasteiger partial charge in [0.25, 0.3) is 0 Å². The van der Waals surface area contributed by atoms with Crippen molar-refractivity contribution in [2.75, 3.05) is 0 Å². The molecule has 6 rings (SSSR count). The van der Waals surface area contributed by atoms with Crippen LogP contribution in [-0.4, -0.2) is 22.4 Å². The Balaban J connectivity index is 1.59. The van der Waals surface area contributed by atoms with Crippen LogP contribution in [-0.2, 0) is 6.42 Å². The molecule has 2 aliphatic rings. The van der Waals surface area contributed by atoms with Crippen LogP contribution in [0.3, 0.4) is 0 Å². The molecule has 0 bridgehead atoms. The molecule has 0 saturated heterocycles. The van der Waals surface area contributed by atoms with E-state index in [0.29, 0.717) is 5.71 Å². The Bertz CT molecular complexity index is 1580. The summed E-state index contributed by atoms with van der Waals surface area (Å²) in [4.78, 5) is 14.7. The summed E-state index contributed by atoms with van der Waals surface area (Å²) in [6.45, 7) is 14.4. The molecule has 0 aliphatic carbocycles. The number of rotatable bonds is 2. The van der Waals surface area contributed by atoms with Crippen LogP contribution in [0.2, 0.25) is 0 Å². The molecule has 2 aromatic heterocycles. The van der Waals surface area contributed by atoms with E-state index in [2.05, 4.69) is 67.2 Å². The maximum Gasteiger partial charge on any atom is 0.227 e. The van der Waals surface area contributed by atoms with Gasteiger partial charge >= 0.3 is 0 Å². The first-order chi connectivity index (χ1) is 16.6. The van der Waals surface area contributed by atoms with Crippen molar-refractivity contribution in [2.45, 2.75) is 31.7 Å². The summed E-state index contributed by atoms with van der Waals surface area (Å²) in [7, 11) is 0. The smallest absolute Gasteiger partial charge is 0.227 e. The Kier molecular flexibility index (Phi) is 4.70. The van der Waals surface area contributed by atoms with Gasteiger partial charge in [0.2, 0.25) is 5.71 Å². The molecule has 2 unspecified atom stereocenters. The zero-order chi connectivity index (χ0) is 23.4. The van der Waals surface area contributed by atoms with Gasteiger partial charge in [-0.05, 0) is 55.2 Å². The van der Waals surface area contributed by atoms with Crippen molar-refractivity contribution in [1.82, 2.24) is 4.98 Å². The summed E-state index contributed by atoms with van der Waals surface area (Å²) in [5.41, 5.74) is 9.35. The number of allylic oxidation sites excluding steroid dienone is 2. The Hall–Kier alpha value is -4.05. The zero-order valence-electron chi connectivity index (χ0n) is 19.2. The number of fused-ring (bicyclic) bond motifs is 8. The van der Waals surface area contributed by atoms with E-state index in [1.165, 1.54) is 11.1 Å². The number of hydrogen-bond acceptors (Lipinski definition) is 4. The van der Waals surface area contributed by atoms with Crippen molar-refractivity contribution in [1.29, 1.82) is 0 Å². The molecule has 34 heavy (non-hydrogen) atoms. The largest absolute Gasteiger partial charge is 0.437 e. The second kappa shape index (κ2) is 7.77.